The number of aromatic nitrogens is 1. The van der Waals surface area contributed by atoms with E-state index < -0.39 is 17.1 Å². The molecule has 184 valence electrons. The van der Waals surface area contributed by atoms with Gasteiger partial charge in [0.25, 0.3) is 5.56 Å². The fraction of sp³-hybridized carbons (Fsp3) is 0.296. The standard InChI is InChI=1S/C27H27BrClNO5/c1-17(31)21-10-9-20(29)11-22(21)23-12-25(32)30(15-24(23)34-4)16-26(33)35-27(2,3)13-18-5-7-19(14-28)8-6-18/h5-12,15H,13-14,16H2,1-4H3. The summed E-state index contributed by atoms with van der Waals surface area (Å²) in [5.41, 5.74) is 2.32. The normalized spacial score (nSPS) is 11.3. The van der Waals surface area contributed by atoms with E-state index in [4.69, 9.17) is 21.1 Å². The number of carbonyl (C=O) groups excluding carboxylic acids is 2. The van der Waals surface area contributed by atoms with Crippen molar-refractivity contribution in [3.05, 3.63) is 86.8 Å². The van der Waals surface area contributed by atoms with Gasteiger partial charge in [-0.3, -0.25) is 14.4 Å². The molecule has 8 heteroatoms. The van der Waals surface area contributed by atoms with Crippen molar-refractivity contribution in [1.29, 1.82) is 0 Å². The fourth-order valence-corrected chi connectivity index (χ4v) is 4.39. The summed E-state index contributed by atoms with van der Waals surface area (Å²) in [7, 11) is 1.45. The number of Topliss-reactive ketones (excluding diaryl/α,β-unsaturated/α-hetero) is 1. The number of rotatable bonds is 9. The number of hydrogen-bond donors (Lipinski definition) is 0. The second kappa shape index (κ2) is 11.2. The number of methoxy groups -OCH3 is 1. The van der Waals surface area contributed by atoms with Gasteiger partial charge in [0.05, 0.1) is 13.3 Å². The lowest BCUT2D eigenvalue weighted by Crippen LogP contribution is -2.34. The molecule has 2 aromatic carbocycles. The van der Waals surface area contributed by atoms with Crippen molar-refractivity contribution in [3.63, 3.8) is 0 Å². The maximum atomic E-state index is 12.9. The lowest BCUT2D eigenvalue weighted by molar-refractivity contribution is -0.157. The first kappa shape index (κ1) is 26.7. The molecule has 0 aliphatic heterocycles. The van der Waals surface area contributed by atoms with Crippen molar-refractivity contribution in [2.75, 3.05) is 7.11 Å². The highest BCUT2D eigenvalue weighted by Crippen LogP contribution is 2.33. The maximum absolute atomic E-state index is 12.9. The molecule has 0 radical (unpaired) electrons. The molecule has 0 bridgehead atoms. The quantitative estimate of drug-likeness (QED) is 0.187. The van der Waals surface area contributed by atoms with Crippen molar-refractivity contribution in [1.82, 2.24) is 4.57 Å². The highest BCUT2D eigenvalue weighted by Gasteiger charge is 2.24. The van der Waals surface area contributed by atoms with Crippen LogP contribution in [0.1, 0.15) is 42.3 Å². The molecule has 1 aromatic heterocycles. The number of alkyl halides is 1. The van der Waals surface area contributed by atoms with E-state index >= 15 is 0 Å². The van der Waals surface area contributed by atoms with Crippen LogP contribution in [0.25, 0.3) is 11.1 Å². The number of hydrogen-bond acceptors (Lipinski definition) is 5. The third kappa shape index (κ3) is 6.83. The third-order valence-corrected chi connectivity index (χ3v) is 6.34. The first-order chi connectivity index (χ1) is 16.5. The molecule has 0 aliphatic rings. The number of benzene rings is 2. The van der Waals surface area contributed by atoms with Gasteiger partial charge in [-0.25, -0.2) is 0 Å². The van der Waals surface area contributed by atoms with E-state index in [9.17, 15) is 14.4 Å². The molecule has 1 heterocycles. The second-order valence-electron chi connectivity index (χ2n) is 8.83. The Labute approximate surface area is 218 Å². The molecular formula is C27H27BrClNO5. The summed E-state index contributed by atoms with van der Waals surface area (Å²) < 4.78 is 12.4. The van der Waals surface area contributed by atoms with E-state index in [1.54, 1.807) is 18.2 Å². The lowest BCUT2D eigenvalue weighted by atomic mass is 9.97. The minimum absolute atomic E-state index is 0.171. The highest BCUT2D eigenvalue weighted by molar-refractivity contribution is 9.08. The predicted molar refractivity (Wildman–Crippen MR) is 141 cm³/mol. The Balaban J connectivity index is 1.82. The van der Waals surface area contributed by atoms with E-state index in [1.165, 1.54) is 30.9 Å². The van der Waals surface area contributed by atoms with Gasteiger partial charge in [-0.15, -0.1) is 0 Å². The molecule has 0 aliphatic carbocycles. The van der Waals surface area contributed by atoms with Crippen molar-refractivity contribution >= 4 is 39.3 Å². The summed E-state index contributed by atoms with van der Waals surface area (Å²) in [5.74, 6) is -0.389. The Morgan fingerprint density at radius 2 is 1.69 bits per heavy atom. The Morgan fingerprint density at radius 3 is 2.29 bits per heavy atom. The molecule has 3 aromatic rings. The number of ketones is 1. The van der Waals surface area contributed by atoms with Crippen LogP contribution in [0.2, 0.25) is 5.02 Å². The van der Waals surface area contributed by atoms with Crippen LogP contribution in [0.5, 0.6) is 5.75 Å². The summed E-state index contributed by atoms with van der Waals surface area (Å²) >= 11 is 9.57. The summed E-state index contributed by atoms with van der Waals surface area (Å²) in [6.45, 7) is 4.82. The molecule has 0 unspecified atom stereocenters. The fourth-order valence-electron chi connectivity index (χ4n) is 3.85. The Hall–Kier alpha value is -2.90. The van der Waals surface area contributed by atoms with E-state index in [0.717, 1.165) is 16.5 Å². The Bertz CT molecular complexity index is 1300. The molecule has 0 fully saturated rings. The van der Waals surface area contributed by atoms with Gasteiger partial charge in [0.1, 0.15) is 17.9 Å². The Kier molecular flexibility index (Phi) is 8.56. The average Bonchev–Trinajstić information content (AvgIpc) is 2.79. The average molecular weight is 561 g/mol. The lowest BCUT2D eigenvalue weighted by Gasteiger charge is -2.25. The molecule has 6 nitrogen and oxygen atoms in total. The molecule has 3 rings (SSSR count). The molecular weight excluding hydrogens is 534 g/mol. The van der Waals surface area contributed by atoms with Crippen molar-refractivity contribution in [2.45, 2.75) is 44.7 Å². The van der Waals surface area contributed by atoms with Crippen LogP contribution in [-0.4, -0.2) is 29.0 Å². The minimum atomic E-state index is -0.766. The zero-order chi connectivity index (χ0) is 25.8. The van der Waals surface area contributed by atoms with Crippen LogP contribution in [0, 0.1) is 0 Å². The topological polar surface area (TPSA) is 74.6 Å². The van der Waals surface area contributed by atoms with Gasteiger partial charge < -0.3 is 14.0 Å². The number of carbonyl (C=O) groups is 2. The maximum Gasteiger partial charge on any atom is 0.326 e. The predicted octanol–water partition coefficient (Wildman–Crippen LogP) is 5.84. The van der Waals surface area contributed by atoms with E-state index in [0.29, 0.717) is 33.9 Å². The van der Waals surface area contributed by atoms with Gasteiger partial charge in [0.15, 0.2) is 5.78 Å². The molecule has 0 amide bonds. The highest BCUT2D eigenvalue weighted by atomic mass is 79.9. The van der Waals surface area contributed by atoms with Crippen LogP contribution >= 0.6 is 27.5 Å². The van der Waals surface area contributed by atoms with E-state index in [1.807, 2.05) is 38.1 Å². The number of esters is 1. The number of halogens is 2. The third-order valence-electron chi connectivity index (χ3n) is 5.46. The monoisotopic (exact) mass is 559 g/mol. The van der Waals surface area contributed by atoms with Crippen LogP contribution in [-0.2, 0) is 27.8 Å². The summed E-state index contributed by atoms with van der Waals surface area (Å²) in [6.07, 6.45) is 1.97. The van der Waals surface area contributed by atoms with Crippen molar-refractivity contribution < 1.29 is 19.1 Å². The van der Waals surface area contributed by atoms with Crippen molar-refractivity contribution in [2.24, 2.45) is 0 Å². The first-order valence-corrected chi connectivity index (χ1v) is 12.5. The molecule has 0 saturated heterocycles. The van der Waals surface area contributed by atoms with Gasteiger partial charge in [-0.05, 0) is 55.7 Å². The smallest absolute Gasteiger partial charge is 0.326 e. The van der Waals surface area contributed by atoms with Gasteiger partial charge in [-0.1, -0.05) is 51.8 Å². The molecule has 35 heavy (non-hydrogen) atoms. The number of ether oxygens (including phenoxy) is 2. The zero-order valence-corrected chi connectivity index (χ0v) is 22.4. The largest absolute Gasteiger partial charge is 0.495 e. The number of nitrogens with zero attached hydrogens (tertiary/aromatic N) is 1. The summed E-state index contributed by atoms with van der Waals surface area (Å²) in [4.78, 5) is 37.7. The van der Waals surface area contributed by atoms with E-state index in [2.05, 4.69) is 15.9 Å². The number of pyridine rings is 1. The van der Waals surface area contributed by atoms with Crippen LogP contribution in [0.4, 0.5) is 0 Å². The van der Waals surface area contributed by atoms with Crippen LogP contribution in [0.3, 0.4) is 0 Å². The van der Waals surface area contributed by atoms with Crippen LogP contribution in [0.15, 0.2) is 59.5 Å². The van der Waals surface area contributed by atoms with Gasteiger partial charge in [-0.2, -0.15) is 0 Å². The molecule has 0 atom stereocenters. The van der Waals surface area contributed by atoms with Gasteiger partial charge >= 0.3 is 5.97 Å². The second-order valence-corrected chi connectivity index (χ2v) is 9.83. The first-order valence-electron chi connectivity index (χ1n) is 11.0. The SMILES string of the molecule is COc1cn(CC(=O)OC(C)(C)Cc2ccc(CBr)cc2)c(=O)cc1-c1cc(Cl)ccc1C(C)=O. The molecule has 0 saturated carbocycles. The Morgan fingerprint density at radius 1 is 1.03 bits per heavy atom. The molecule has 0 N–H and O–H groups in total. The van der Waals surface area contributed by atoms with E-state index in [-0.39, 0.29) is 12.3 Å². The summed E-state index contributed by atoms with van der Waals surface area (Å²) in [5, 5.41) is 1.19. The van der Waals surface area contributed by atoms with Crippen molar-refractivity contribution in [3.8, 4) is 16.9 Å². The summed E-state index contributed by atoms with van der Waals surface area (Å²) in [6, 6.07) is 14.2. The van der Waals surface area contributed by atoms with Gasteiger partial charge in [0, 0.05) is 34.0 Å². The zero-order valence-electron chi connectivity index (χ0n) is 20.1. The minimum Gasteiger partial charge on any atom is -0.495 e. The molecule has 0 spiro atoms. The van der Waals surface area contributed by atoms with Crippen LogP contribution < -0.4 is 10.3 Å². The van der Waals surface area contributed by atoms with Gasteiger partial charge in [0.2, 0.25) is 0 Å².